The molecule has 3 aromatic rings. The first kappa shape index (κ1) is 16.6. The molecule has 0 saturated heterocycles. The minimum absolute atomic E-state index is 0.0763. The van der Waals surface area contributed by atoms with E-state index >= 15 is 0 Å². The van der Waals surface area contributed by atoms with Crippen molar-refractivity contribution in [2.45, 2.75) is 6.61 Å². The number of ether oxygens (including phenoxy) is 1. The molecule has 5 heteroatoms. The van der Waals surface area contributed by atoms with E-state index in [-0.39, 0.29) is 11.7 Å². The summed E-state index contributed by atoms with van der Waals surface area (Å²) in [7, 11) is 0. The first-order valence-corrected chi connectivity index (χ1v) is 7.63. The van der Waals surface area contributed by atoms with Crippen molar-refractivity contribution in [1.82, 2.24) is 0 Å². The van der Waals surface area contributed by atoms with Crippen molar-refractivity contribution >= 4 is 28.4 Å². The molecule has 0 fully saturated rings. The summed E-state index contributed by atoms with van der Waals surface area (Å²) in [5.74, 6) is -0.198. The van der Waals surface area contributed by atoms with E-state index in [0.29, 0.717) is 5.56 Å². The Labute approximate surface area is 143 Å². The number of nitrogens with one attached hydrogen (secondary N) is 1. The van der Waals surface area contributed by atoms with Crippen LogP contribution in [0.3, 0.4) is 0 Å². The van der Waals surface area contributed by atoms with Gasteiger partial charge in [0.25, 0.3) is 0 Å². The van der Waals surface area contributed by atoms with Gasteiger partial charge in [-0.1, -0.05) is 48.5 Å². The first-order chi connectivity index (χ1) is 12.1. The molecule has 0 unspecified atom stereocenters. The first-order valence-electron chi connectivity index (χ1n) is 7.63. The van der Waals surface area contributed by atoms with E-state index in [1.807, 2.05) is 42.5 Å². The Morgan fingerprint density at radius 2 is 1.68 bits per heavy atom. The second kappa shape index (κ2) is 7.57. The number of amides is 1. The molecule has 3 aromatic carbocycles. The van der Waals surface area contributed by atoms with Crippen LogP contribution in [-0.4, -0.2) is 12.5 Å². The normalized spacial score (nSPS) is 11.2. The van der Waals surface area contributed by atoms with Crippen LogP contribution >= 0.6 is 0 Å². The van der Waals surface area contributed by atoms with Gasteiger partial charge in [-0.05, 0) is 35.2 Å². The van der Waals surface area contributed by atoms with Gasteiger partial charge in [0.2, 0.25) is 5.91 Å². The lowest BCUT2D eigenvalue weighted by molar-refractivity contribution is -0.111. The summed E-state index contributed by atoms with van der Waals surface area (Å²) < 4.78 is 28.5. The van der Waals surface area contributed by atoms with Crippen LogP contribution in [0.25, 0.3) is 16.8 Å². The molecule has 0 atom stereocenters. The fourth-order valence-electron chi connectivity index (χ4n) is 2.44. The number of hydrogen-bond donors (Lipinski definition) is 1. The maximum Gasteiger partial charge on any atom is 0.387 e. The molecule has 3 nitrogen and oxygen atoms in total. The minimum Gasteiger partial charge on any atom is -0.435 e. The number of fused-ring (bicyclic) bond motifs is 1. The van der Waals surface area contributed by atoms with E-state index in [2.05, 4.69) is 10.1 Å². The van der Waals surface area contributed by atoms with Gasteiger partial charge in [-0.2, -0.15) is 8.78 Å². The predicted molar refractivity (Wildman–Crippen MR) is 94.7 cm³/mol. The SMILES string of the molecule is O=C(C=Cc1ccc(OC(F)F)cc1)Nc1cccc2ccccc12. The van der Waals surface area contributed by atoms with Gasteiger partial charge in [0.05, 0.1) is 0 Å². The van der Waals surface area contributed by atoms with E-state index in [9.17, 15) is 13.6 Å². The molecule has 0 spiro atoms. The lowest BCUT2D eigenvalue weighted by atomic mass is 10.1. The molecule has 3 rings (SSSR count). The van der Waals surface area contributed by atoms with Crippen LogP contribution in [0.15, 0.2) is 72.8 Å². The highest BCUT2D eigenvalue weighted by Crippen LogP contribution is 2.23. The smallest absolute Gasteiger partial charge is 0.387 e. The number of rotatable bonds is 5. The standard InChI is InChI=1S/C20H15F2NO2/c21-20(22)25-16-11-8-14(9-12-16)10-13-19(24)23-18-7-3-5-15-4-1-2-6-17(15)18/h1-13,20H,(H,23,24). The summed E-state index contributed by atoms with van der Waals surface area (Å²) in [4.78, 5) is 12.1. The molecule has 0 saturated carbocycles. The van der Waals surface area contributed by atoms with E-state index in [0.717, 1.165) is 16.5 Å². The molecule has 25 heavy (non-hydrogen) atoms. The fraction of sp³-hybridized carbons (Fsp3) is 0.0500. The number of benzene rings is 3. The van der Waals surface area contributed by atoms with E-state index < -0.39 is 6.61 Å². The summed E-state index contributed by atoms with van der Waals surface area (Å²) in [5, 5.41) is 4.84. The Morgan fingerprint density at radius 1 is 0.960 bits per heavy atom. The van der Waals surface area contributed by atoms with Gasteiger partial charge in [-0.25, -0.2) is 0 Å². The zero-order chi connectivity index (χ0) is 17.6. The van der Waals surface area contributed by atoms with Gasteiger partial charge < -0.3 is 10.1 Å². The molecule has 126 valence electrons. The van der Waals surface area contributed by atoms with Crippen LogP contribution in [0.1, 0.15) is 5.56 Å². The molecule has 0 radical (unpaired) electrons. The maximum absolute atomic E-state index is 12.1. The zero-order valence-corrected chi connectivity index (χ0v) is 13.2. The van der Waals surface area contributed by atoms with Gasteiger partial charge in [0.1, 0.15) is 5.75 Å². The molecular formula is C20H15F2NO2. The lowest BCUT2D eigenvalue weighted by Gasteiger charge is -2.07. The number of alkyl halides is 2. The molecule has 0 aliphatic rings. The number of hydrogen-bond acceptors (Lipinski definition) is 2. The highest BCUT2D eigenvalue weighted by molar-refractivity contribution is 6.07. The van der Waals surface area contributed by atoms with Crippen molar-refractivity contribution in [2.24, 2.45) is 0 Å². The molecular weight excluding hydrogens is 324 g/mol. The van der Waals surface area contributed by atoms with Gasteiger partial charge in [0, 0.05) is 17.1 Å². The highest BCUT2D eigenvalue weighted by Gasteiger charge is 2.04. The van der Waals surface area contributed by atoms with Crippen molar-refractivity contribution in [1.29, 1.82) is 0 Å². The maximum atomic E-state index is 12.1. The van der Waals surface area contributed by atoms with Crippen LogP contribution in [0.4, 0.5) is 14.5 Å². The third-order valence-corrected chi connectivity index (χ3v) is 3.58. The molecule has 0 aliphatic heterocycles. The van der Waals surface area contributed by atoms with E-state index in [1.54, 1.807) is 18.2 Å². The molecule has 1 amide bonds. The van der Waals surface area contributed by atoms with Crippen molar-refractivity contribution in [3.8, 4) is 5.75 Å². The fourth-order valence-corrected chi connectivity index (χ4v) is 2.44. The monoisotopic (exact) mass is 339 g/mol. The number of anilines is 1. The largest absolute Gasteiger partial charge is 0.435 e. The average molecular weight is 339 g/mol. The van der Waals surface area contributed by atoms with Gasteiger partial charge in [0.15, 0.2) is 0 Å². The Morgan fingerprint density at radius 3 is 2.44 bits per heavy atom. The Kier molecular flexibility index (Phi) is 5.04. The molecule has 0 aliphatic carbocycles. The molecule has 1 N–H and O–H groups in total. The highest BCUT2D eigenvalue weighted by atomic mass is 19.3. The molecule has 0 heterocycles. The van der Waals surface area contributed by atoms with Gasteiger partial charge >= 0.3 is 6.61 Å². The topological polar surface area (TPSA) is 38.3 Å². The van der Waals surface area contributed by atoms with Crippen LogP contribution in [-0.2, 0) is 4.79 Å². The number of halogens is 2. The van der Waals surface area contributed by atoms with Gasteiger partial charge in [-0.15, -0.1) is 0 Å². The second-order valence-corrected chi connectivity index (χ2v) is 5.30. The Bertz CT molecular complexity index is 900. The average Bonchev–Trinajstić information content (AvgIpc) is 2.61. The van der Waals surface area contributed by atoms with Crippen molar-refractivity contribution < 1.29 is 18.3 Å². The minimum atomic E-state index is -2.85. The lowest BCUT2D eigenvalue weighted by Crippen LogP contribution is -2.08. The molecule has 0 bridgehead atoms. The summed E-state index contributed by atoms with van der Waals surface area (Å²) in [6.07, 6.45) is 3.00. The quantitative estimate of drug-likeness (QED) is 0.657. The van der Waals surface area contributed by atoms with Gasteiger partial charge in [-0.3, -0.25) is 4.79 Å². The summed E-state index contributed by atoms with van der Waals surface area (Å²) in [6, 6.07) is 19.5. The number of carbonyl (C=O) groups is 1. The summed E-state index contributed by atoms with van der Waals surface area (Å²) >= 11 is 0. The van der Waals surface area contributed by atoms with E-state index in [1.165, 1.54) is 18.2 Å². The summed E-state index contributed by atoms with van der Waals surface area (Å²) in [5.41, 5.74) is 1.43. The predicted octanol–water partition coefficient (Wildman–Crippen LogP) is 5.09. The third-order valence-electron chi connectivity index (χ3n) is 3.58. The zero-order valence-electron chi connectivity index (χ0n) is 13.2. The van der Waals surface area contributed by atoms with Crippen LogP contribution < -0.4 is 10.1 Å². The van der Waals surface area contributed by atoms with Crippen LogP contribution in [0.2, 0.25) is 0 Å². The van der Waals surface area contributed by atoms with Crippen LogP contribution in [0.5, 0.6) is 5.75 Å². The second-order valence-electron chi connectivity index (χ2n) is 5.30. The number of carbonyl (C=O) groups excluding carboxylic acids is 1. The van der Waals surface area contributed by atoms with Crippen LogP contribution in [0, 0.1) is 0 Å². The van der Waals surface area contributed by atoms with Crippen molar-refractivity contribution in [2.75, 3.05) is 5.32 Å². The third kappa shape index (κ3) is 4.41. The van der Waals surface area contributed by atoms with E-state index in [4.69, 9.17) is 0 Å². The van der Waals surface area contributed by atoms with Crippen molar-refractivity contribution in [3.63, 3.8) is 0 Å². The Hall–Kier alpha value is -3.21. The Balaban J connectivity index is 1.68. The van der Waals surface area contributed by atoms with Crippen molar-refractivity contribution in [3.05, 3.63) is 78.4 Å². The summed E-state index contributed by atoms with van der Waals surface area (Å²) in [6.45, 7) is -2.85. The molecule has 0 aromatic heterocycles.